The fourth-order valence-corrected chi connectivity index (χ4v) is 3.49. The topological polar surface area (TPSA) is 36.4 Å². The van der Waals surface area contributed by atoms with Crippen molar-refractivity contribution in [3.63, 3.8) is 0 Å². The highest BCUT2D eigenvalue weighted by Crippen LogP contribution is 2.36. The number of aromatic nitrogens is 1. The Balaban J connectivity index is 1.80. The van der Waals surface area contributed by atoms with E-state index in [4.69, 9.17) is 0 Å². The second-order valence-corrected chi connectivity index (χ2v) is 6.56. The third-order valence-electron chi connectivity index (χ3n) is 3.77. The molecule has 1 heterocycles. The second-order valence-electron chi connectivity index (χ2n) is 5.55. The number of hydrogen-bond donors (Lipinski definition) is 1. The van der Waals surface area contributed by atoms with Crippen LogP contribution in [0.25, 0.3) is 10.2 Å². The van der Waals surface area contributed by atoms with Crippen molar-refractivity contribution in [2.75, 3.05) is 18.5 Å². The molecule has 0 unspecified atom stereocenters. The molecule has 7 heteroatoms. The van der Waals surface area contributed by atoms with E-state index in [1.54, 1.807) is 0 Å². The van der Waals surface area contributed by atoms with Gasteiger partial charge < -0.3 is 10.0 Å². The first kappa shape index (κ1) is 14.6. The van der Waals surface area contributed by atoms with Crippen molar-refractivity contribution in [1.82, 2.24) is 4.98 Å². The van der Waals surface area contributed by atoms with E-state index in [0.717, 1.165) is 36.2 Å². The molecule has 1 fully saturated rings. The SMILES string of the molecule is CN(CC1CC(O)C1)c1nc2cc(C(F)(F)F)ccc2s1. The number of aliphatic hydroxyl groups excluding tert-OH is 1. The Bertz CT molecular complexity index is 649. The maximum absolute atomic E-state index is 12.7. The lowest BCUT2D eigenvalue weighted by Gasteiger charge is -2.34. The predicted octanol–water partition coefficient (Wildman–Crippen LogP) is 3.52. The highest BCUT2D eigenvalue weighted by Gasteiger charge is 2.31. The highest BCUT2D eigenvalue weighted by molar-refractivity contribution is 7.22. The summed E-state index contributed by atoms with van der Waals surface area (Å²) >= 11 is 1.39. The van der Waals surface area contributed by atoms with Gasteiger partial charge in [0, 0.05) is 13.6 Å². The normalized spacial score (nSPS) is 22.3. The van der Waals surface area contributed by atoms with E-state index in [1.807, 2.05) is 11.9 Å². The van der Waals surface area contributed by atoms with Gasteiger partial charge in [0.05, 0.1) is 21.9 Å². The molecule has 1 aromatic heterocycles. The molecule has 0 amide bonds. The van der Waals surface area contributed by atoms with Crippen LogP contribution in [-0.2, 0) is 6.18 Å². The summed E-state index contributed by atoms with van der Waals surface area (Å²) in [5, 5.41) is 10.00. The van der Waals surface area contributed by atoms with Gasteiger partial charge in [0.2, 0.25) is 0 Å². The first-order chi connectivity index (χ1) is 9.83. The van der Waals surface area contributed by atoms with Crippen LogP contribution in [0.2, 0.25) is 0 Å². The largest absolute Gasteiger partial charge is 0.416 e. The lowest BCUT2D eigenvalue weighted by atomic mass is 9.82. The lowest BCUT2D eigenvalue weighted by Crippen LogP contribution is -2.37. The number of benzene rings is 1. The van der Waals surface area contributed by atoms with E-state index in [9.17, 15) is 18.3 Å². The minimum atomic E-state index is -4.34. The summed E-state index contributed by atoms with van der Waals surface area (Å²) < 4.78 is 38.8. The number of hydrogen-bond acceptors (Lipinski definition) is 4. The monoisotopic (exact) mass is 316 g/mol. The van der Waals surface area contributed by atoms with E-state index >= 15 is 0 Å². The molecule has 0 radical (unpaired) electrons. The van der Waals surface area contributed by atoms with E-state index in [1.165, 1.54) is 17.4 Å². The first-order valence-electron chi connectivity index (χ1n) is 6.70. The number of anilines is 1. The number of fused-ring (bicyclic) bond motifs is 1. The zero-order chi connectivity index (χ0) is 15.2. The van der Waals surface area contributed by atoms with E-state index in [2.05, 4.69) is 4.98 Å². The molecule has 3 nitrogen and oxygen atoms in total. The van der Waals surface area contributed by atoms with Crippen molar-refractivity contribution < 1.29 is 18.3 Å². The van der Waals surface area contributed by atoms with Gasteiger partial charge in [0.25, 0.3) is 0 Å². The van der Waals surface area contributed by atoms with Crippen molar-refractivity contribution in [1.29, 1.82) is 0 Å². The third kappa shape index (κ3) is 2.98. The summed E-state index contributed by atoms with van der Waals surface area (Å²) in [6.07, 6.45) is -2.97. The van der Waals surface area contributed by atoms with Crippen LogP contribution in [-0.4, -0.2) is 29.8 Å². The molecule has 1 aliphatic carbocycles. The number of aliphatic hydroxyl groups is 1. The van der Waals surface area contributed by atoms with Gasteiger partial charge in [0.1, 0.15) is 0 Å². The Morgan fingerprint density at radius 1 is 1.38 bits per heavy atom. The van der Waals surface area contributed by atoms with Crippen LogP contribution in [0.5, 0.6) is 0 Å². The van der Waals surface area contributed by atoms with Crippen molar-refractivity contribution >= 4 is 26.7 Å². The van der Waals surface area contributed by atoms with Gasteiger partial charge in [-0.05, 0) is 37.0 Å². The van der Waals surface area contributed by atoms with Crippen LogP contribution in [0.15, 0.2) is 18.2 Å². The summed E-state index contributed by atoms with van der Waals surface area (Å²) in [6, 6.07) is 3.66. The molecule has 2 aromatic rings. The Hall–Kier alpha value is -1.34. The van der Waals surface area contributed by atoms with E-state index in [0.29, 0.717) is 16.6 Å². The Morgan fingerprint density at radius 2 is 2.10 bits per heavy atom. The van der Waals surface area contributed by atoms with Gasteiger partial charge in [-0.25, -0.2) is 4.98 Å². The van der Waals surface area contributed by atoms with Gasteiger partial charge >= 0.3 is 6.18 Å². The summed E-state index contributed by atoms with van der Waals surface area (Å²) in [5.74, 6) is 0.433. The first-order valence-corrected chi connectivity index (χ1v) is 7.51. The minimum absolute atomic E-state index is 0.201. The number of rotatable bonds is 3. The summed E-state index contributed by atoms with van der Waals surface area (Å²) in [7, 11) is 1.88. The van der Waals surface area contributed by atoms with E-state index in [-0.39, 0.29) is 6.10 Å². The van der Waals surface area contributed by atoms with Crippen molar-refractivity contribution in [3.05, 3.63) is 23.8 Å². The van der Waals surface area contributed by atoms with Crippen LogP contribution in [0, 0.1) is 5.92 Å². The minimum Gasteiger partial charge on any atom is -0.393 e. The standard InChI is InChI=1S/C14H15F3N2OS/c1-19(7-8-4-10(20)5-8)13-18-11-6-9(14(15,16)17)2-3-12(11)21-13/h2-3,6,8,10,20H,4-5,7H2,1H3. The summed E-state index contributed by atoms with van der Waals surface area (Å²) in [4.78, 5) is 6.25. The maximum atomic E-state index is 12.7. The van der Waals surface area contributed by atoms with Crippen molar-refractivity contribution in [3.8, 4) is 0 Å². The van der Waals surface area contributed by atoms with Gasteiger partial charge in [-0.1, -0.05) is 11.3 Å². The number of nitrogens with zero attached hydrogens (tertiary/aromatic N) is 2. The van der Waals surface area contributed by atoms with Crippen LogP contribution in [0.3, 0.4) is 0 Å². The fourth-order valence-electron chi connectivity index (χ4n) is 2.57. The molecular weight excluding hydrogens is 301 g/mol. The molecule has 0 aliphatic heterocycles. The van der Waals surface area contributed by atoms with E-state index < -0.39 is 11.7 Å². The molecular formula is C14H15F3N2OS. The molecule has 0 spiro atoms. The molecule has 1 N–H and O–H groups in total. The number of thiazole rings is 1. The van der Waals surface area contributed by atoms with Crippen LogP contribution in [0.4, 0.5) is 18.3 Å². The van der Waals surface area contributed by atoms with Crippen LogP contribution in [0.1, 0.15) is 18.4 Å². The van der Waals surface area contributed by atoms with Crippen molar-refractivity contribution in [2.45, 2.75) is 25.1 Å². The zero-order valence-corrected chi connectivity index (χ0v) is 12.2. The molecule has 0 saturated heterocycles. The smallest absolute Gasteiger partial charge is 0.393 e. The molecule has 3 rings (SSSR count). The Labute approximate surface area is 124 Å². The van der Waals surface area contributed by atoms with Gasteiger partial charge in [-0.15, -0.1) is 0 Å². The molecule has 0 bridgehead atoms. The third-order valence-corrected chi connectivity index (χ3v) is 4.92. The average molecular weight is 316 g/mol. The average Bonchev–Trinajstić information content (AvgIpc) is 2.78. The van der Waals surface area contributed by atoms with Crippen molar-refractivity contribution in [2.24, 2.45) is 5.92 Å². The Morgan fingerprint density at radius 3 is 2.71 bits per heavy atom. The van der Waals surface area contributed by atoms with Gasteiger partial charge in [-0.3, -0.25) is 0 Å². The van der Waals surface area contributed by atoms with Crippen LogP contribution >= 0.6 is 11.3 Å². The molecule has 21 heavy (non-hydrogen) atoms. The molecule has 1 aromatic carbocycles. The number of alkyl halides is 3. The summed E-state index contributed by atoms with van der Waals surface area (Å²) in [5.41, 5.74) is -0.290. The van der Waals surface area contributed by atoms with Gasteiger partial charge in [0.15, 0.2) is 5.13 Å². The number of halogens is 3. The Kier molecular flexibility index (Phi) is 3.57. The quantitative estimate of drug-likeness (QED) is 0.941. The molecule has 114 valence electrons. The summed E-state index contributed by atoms with van der Waals surface area (Å²) in [6.45, 7) is 0.767. The highest BCUT2D eigenvalue weighted by atomic mass is 32.1. The zero-order valence-electron chi connectivity index (χ0n) is 11.4. The predicted molar refractivity (Wildman–Crippen MR) is 76.6 cm³/mol. The van der Waals surface area contributed by atoms with Crippen LogP contribution < -0.4 is 4.90 Å². The van der Waals surface area contributed by atoms with Gasteiger partial charge in [-0.2, -0.15) is 13.2 Å². The lowest BCUT2D eigenvalue weighted by molar-refractivity contribution is -0.137. The fraction of sp³-hybridized carbons (Fsp3) is 0.500. The molecule has 1 saturated carbocycles. The second kappa shape index (κ2) is 5.14. The molecule has 0 atom stereocenters. The maximum Gasteiger partial charge on any atom is 0.416 e. The molecule has 1 aliphatic rings.